The Kier molecular flexibility index (Phi) is 6.29. The zero-order valence-electron chi connectivity index (χ0n) is 12.8. The normalized spacial score (nSPS) is 17.7. The molecule has 1 aromatic carbocycles. The maximum absolute atomic E-state index is 12.7. The molecule has 1 fully saturated rings. The number of piperidine rings is 1. The van der Waals surface area contributed by atoms with Crippen molar-refractivity contribution in [1.82, 2.24) is 5.32 Å². The molecule has 1 aromatic rings. The first-order valence-corrected chi connectivity index (χ1v) is 8.84. The molecule has 2 rings (SSSR count). The summed E-state index contributed by atoms with van der Waals surface area (Å²) in [5.41, 5.74) is -0.986. The first-order chi connectivity index (χ1) is 10.6. The predicted octanol–water partition coefficient (Wildman–Crippen LogP) is 2.23. The molecule has 0 spiro atoms. The highest BCUT2D eigenvalue weighted by Gasteiger charge is 2.48. The summed E-state index contributed by atoms with van der Waals surface area (Å²) >= 11 is 0. The van der Waals surface area contributed by atoms with Gasteiger partial charge < -0.3 is 10.6 Å². The van der Waals surface area contributed by atoms with E-state index in [1.54, 1.807) is 0 Å². The number of benzene rings is 1. The van der Waals surface area contributed by atoms with E-state index >= 15 is 0 Å². The molecule has 1 heterocycles. The summed E-state index contributed by atoms with van der Waals surface area (Å²) in [6, 6.07) is 4.12. The third-order valence-electron chi connectivity index (χ3n) is 3.98. The number of nitrogens with one attached hydrogen (secondary N) is 2. The standard InChI is InChI=1S/C14H17F3N2O3S.ClH/c1-23(21,22)13(5-7-18-8-6-13)12(20)19-11-4-2-3-10(9-11)14(15,16)17;/h2-4,9,18H,5-8H2,1H3,(H,19,20);1H. The lowest BCUT2D eigenvalue weighted by Crippen LogP contribution is -2.55. The molecule has 2 N–H and O–H groups in total. The van der Waals surface area contributed by atoms with Crippen LogP contribution in [0.4, 0.5) is 18.9 Å². The highest BCUT2D eigenvalue weighted by atomic mass is 35.5. The highest BCUT2D eigenvalue weighted by Crippen LogP contribution is 2.32. The van der Waals surface area contributed by atoms with Crippen molar-refractivity contribution in [3.63, 3.8) is 0 Å². The van der Waals surface area contributed by atoms with Gasteiger partial charge in [0.25, 0.3) is 0 Å². The van der Waals surface area contributed by atoms with Crippen LogP contribution >= 0.6 is 12.4 Å². The van der Waals surface area contributed by atoms with Gasteiger partial charge in [-0.05, 0) is 44.1 Å². The zero-order valence-corrected chi connectivity index (χ0v) is 14.4. The second-order valence-corrected chi connectivity index (χ2v) is 7.87. The first-order valence-electron chi connectivity index (χ1n) is 6.95. The van der Waals surface area contributed by atoms with Crippen molar-refractivity contribution in [2.45, 2.75) is 23.8 Å². The molecular weight excluding hydrogens is 369 g/mol. The number of alkyl halides is 3. The zero-order chi connectivity index (χ0) is 17.3. The smallest absolute Gasteiger partial charge is 0.325 e. The summed E-state index contributed by atoms with van der Waals surface area (Å²) in [5, 5.41) is 5.29. The van der Waals surface area contributed by atoms with E-state index in [9.17, 15) is 26.4 Å². The van der Waals surface area contributed by atoms with Crippen LogP contribution in [0.15, 0.2) is 24.3 Å². The van der Waals surface area contributed by atoms with E-state index in [0.717, 1.165) is 24.5 Å². The number of amides is 1. The van der Waals surface area contributed by atoms with Gasteiger partial charge in [-0.2, -0.15) is 13.2 Å². The molecule has 0 radical (unpaired) electrons. The Morgan fingerprint density at radius 1 is 1.25 bits per heavy atom. The molecule has 0 atom stereocenters. The Bertz CT molecular complexity index is 701. The number of hydrogen-bond acceptors (Lipinski definition) is 4. The Morgan fingerprint density at radius 3 is 2.33 bits per heavy atom. The predicted molar refractivity (Wildman–Crippen MR) is 87.0 cm³/mol. The number of rotatable bonds is 3. The Balaban J connectivity index is 0.00000288. The van der Waals surface area contributed by atoms with Crippen LogP contribution in [0.5, 0.6) is 0 Å². The summed E-state index contributed by atoms with van der Waals surface area (Å²) in [7, 11) is -3.72. The SMILES string of the molecule is CS(=O)(=O)C1(C(=O)Nc2cccc(C(F)(F)F)c2)CCNCC1.Cl. The summed E-state index contributed by atoms with van der Waals surface area (Å²) < 4.78 is 60.7. The van der Waals surface area contributed by atoms with Crippen LogP contribution < -0.4 is 10.6 Å². The van der Waals surface area contributed by atoms with Gasteiger partial charge in [0.15, 0.2) is 14.6 Å². The van der Waals surface area contributed by atoms with Gasteiger partial charge in [0.05, 0.1) is 5.56 Å². The van der Waals surface area contributed by atoms with Gasteiger partial charge >= 0.3 is 6.18 Å². The fourth-order valence-electron chi connectivity index (χ4n) is 2.62. The topological polar surface area (TPSA) is 75.3 Å². The van der Waals surface area contributed by atoms with E-state index in [1.165, 1.54) is 6.07 Å². The first kappa shape index (κ1) is 20.7. The molecule has 24 heavy (non-hydrogen) atoms. The second-order valence-electron chi connectivity index (χ2n) is 5.55. The molecule has 1 aliphatic heterocycles. The fourth-order valence-corrected chi connectivity index (χ4v) is 3.95. The third kappa shape index (κ3) is 4.20. The maximum Gasteiger partial charge on any atom is 0.416 e. The fraction of sp³-hybridized carbons (Fsp3) is 0.500. The van der Waals surface area contributed by atoms with Crippen LogP contribution in [0.25, 0.3) is 0 Å². The summed E-state index contributed by atoms with van der Waals surface area (Å²) in [6.45, 7) is 0.701. The molecule has 0 aliphatic carbocycles. The van der Waals surface area contributed by atoms with Gasteiger partial charge in [-0.1, -0.05) is 6.07 Å². The lowest BCUT2D eigenvalue weighted by atomic mass is 9.95. The van der Waals surface area contributed by atoms with Crippen molar-refractivity contribution < 1.29 is 26.4 Å². The highest BCUT2D eigenvalue weighted by molar-refractivity contribution is 7.92. The number of hydrogen-bond donors (Lipinski definition) is 2. The van der Waals surface area contributed by atoms with E-state index in [-0.39, 0.29) is 30.9 Å². The second kappa shape index (κ2) is 7.28. The number of carbonyl (C=O) groups is 1. The van der Waals surface area contributed by atoms with Crippen molar-refractivity contribution in [1.29, 1.82) is 0 Å². The molecule has 0 bridgehead atoms. The minimum Gasteiger partial charge on any atom is -0.325 e. The molecule has 136 valence electrons. The molecule has 0 unspecified atom stereocenters. The van der Waals surface area contributed by atoms with Gasteiger partial charge in [-0.3, -0.25) is 4.79 Å². The van der Waals surface area contributed by atoms with Crippen LogP contribution in [0, 0.1) is 0 Å². The number of sulfone groups is 1. The van der Waals surface area contributed by atoms with Crippen LogP contribution in [-0.2, 0) is 20.8 Å². The number of halogens is 4. The molecule has 5 nitrogen and oxygen atoms in total. The lowest BCUT2D eigenvalue weighted by Gasteiger charge is -2.34. The summed E-state index contributed by atoms with van der Waals surface area (Å²) in [4.78, 5) is 12.5. The van der Waals surface area contributed by atoms with Gasteiger partial charge in [-0.15, -0.1) is 12.4 Å². The van der Waals surface area contributed by atoms with E-state index in [1.807, 2.05) is 0 Å². The average Bonchev–Trinajstić information content (AvgIpc) is 2.46. The van der Waals surface area contributed by atoms with Crippen molar-refractivity contribution in [3.8, 4) is 0 Å². The van der Waals surface area contributed by atoms with Gasteiger partial charge in [0.2, 0.25) is 5.91 Å². The average molecular weight is 387 g/mol. The Hall–Kier alpha value is -1.32. The van der Waals surface area contributed by atoms with Crippen molar-refractivity contribution in [2.75, 3.05) is 24.7 Å². The van der Waals surface area contributed by atoms with E-state index in [2.05, 4.69) is 10.6 Å². The largest absolute Gasteiger partial charge is 0.416 e. The number of carbonyl (C=O) groups excluding carboxylic acids is 1. The van der Waals surface area contributed by atoms with Crippen LogP contribution in [-0.4, -0.2) is 38.4 Å². The quantitative estimate of drug-likeness (QED) is 0.835. The molecule has 1 saturated heterocycles. The summed E-state index contributed by atoms with van der Waals surface area (Å²) in [6.07, 6.45) is -3.40. The lowest BCUT2D eigenvalue weighted by molar-refractivity contribution is -0.137. The van der Waals surface area contributed by atoms with E-state index < -0.39 is 32.2 Å². The van der Waals surface area contributed by atoms with Crippen LogP contribution in [0.1, 0.15) is 18.4 Å². The molecule has 10 heteroatoms. The summed E-state index contributed by atoms with van der Waals surface area (Å²) in [5.74, 6) is -0.791. The molecular formula is C14H18ClF3N2O3S. The van der Waals surface area contributed by atoms with Crippen LogP contribution in [0.2, 0.25) is 0 Å². The third-order valence-corrected chi connectivity index (χ3v) is 6.00. The van der Waals surface area contributed by atoms with Crippen molar-refractivity contribution in [2.24, 2.45) is 0 Å². The van der Waals surface area contributed by atoms with Crippen LogP contribution in [0.3, 0.4) is 0 Å². The van der Waals surface area contributed by atoms with Gasteiger partial charge in [-0.25, -0.2) is 8.42 Å². The number of anilines is 1. The Morgan fingerprint density at radius 2 is 1.83 bits per heavy atom. The minimum atomic E-state index is -4.54. The monoisotopic (exact) mass is 386 g/mol. The molecule has 1 amide bonds. The molecule has 0 aromatic heterocycles. The van der Waals surface area contributed by atoms with E-state index in [0.29, 0.717) is 13.1 Å². The van der Waals surface area contributed by atoms with Crippen molar-refractivity contribution >= 4 is 33.8 Å². The molecule has 0 saturated carbocycles. The molecule has 1 aliphatic rings. The Labute approximate surface area is 144 Å². The van der Waals surface area contributed by atoms with Crippen molar-refractivity contribution in [3.05, 3.63) is 29.8 Å². The van der Waals surface area contributed by atoms with E-state index in [4.69, 9.17) is 0 Å². The minimum absolute atomic E-state index is 0. The maximum atomic E-state index is 12.7. The van der Waals surface area contributed by atoms with Gasteiger partial charge in [0, 0.05) is 11.9 Å². The van der Waals surface area contributed by atoms with Gasteiger partial charge in [0.1, 0.15) is 0 Å².